The molecule has 15 heteroatoms. The second kappa shape index (κ2) is 7.12. The molecule has 0 aliphatic carbocycles. The van der Waals surface area contributed by atoms with Crippen molar-refractivity contribution < 1.29 is 56.8 Å². The fourth-order valence-electron chi connectivity index (χ4n) is 2.54. The number of aliphatic hydroxyl groups excluding tert-OH is 1. The molecule has 0 bridgehead atoms. The van der Waals surface area contributed by atoms with Gasteiger partial charge in [0.2, 0.25) is 5.91 Å². The number of phosphoric ester groups is 1. The summed E-state index contributed by atoms with van der Waals surface area (Å²) in [5.41, 5.74) is -1.93. The highest BCUT2D eigenvalue weighted by Gasteiger charge is 2.65. The Morgan fingerprint density at radius 2 is 2.04 bits per heavy atom. The number of ether oxygens (including phenoxy) is 1. The smallest absolute Gasteiger partial charge is 0.384 e. The van der Waals surface area contributed by atoms with Gasteiger partial charge >= 0.3 is 15.6 Å². The lowest BCUT2D eigenvalue weighted by molar-refractivity contribution is -0.210. The average molecular weight is 433 g/mol. The molecule has 0 aromatic carbocycles. The fourth-order valence-corrected chi connectivity index (χ4v) is 4.14. The first kappa shape index (κ1) is 22.3. The standard InChI is InChI=1S/C12H18FNO11P2/c1-7-3-4-14(8(15)5-7)10-11(2,17)9(16)12(13,24-10)6-23-27(21,22)25-26(18,19)20/h3-4,9-10,16-17H,1,5-6H2,2H3,(H,21,22)(H2,18,19,20)/t9-,10+,11+,12+/m0/s1. The van der Waals surface area contributed by atoms with Gasteiger partial charge in [-0.15, -0.1) is 0 Å². The number of rotatable bonds is 6. The zero-order valence-electron chi connectivity index (χ0n) is 13.8. The molecule has 2 rings (SSSR count). The van der Waals surface area contributed by atoms with Crippen molar-refractivity contribution in [2.45, 2.75) is 37.1 Å². The van der Waals surface area contributed by atoms with E-state index in [0.29, 0.717) is 5.57 Å². The molecule has 0 radical (unpaired) electrons. The van der Waals surface area contributed by atoms with Gasteiger partial charge in [-0.3, -0.25) is 14.2 Å². The molecule has 1 saturated heterocycles. The summed E-state index contributed by atoms with van der Waals surface area (Å²) in [6.07, 6.45) is -1.70. The number of aliphatic hydroxyl groups is 2. The van der Waals surface area contributed by atoms with E-state index in [4.69, 9.17) is 14.5 Å². The SMILES string of the molecule is C=C1C=CN([C@@H]2O[C@](F)(COP(=O)(O)OP(=O)(O)O)[C@@H](O)[C@@]2(C)O)C(=O)C1. The summed E-state index contributed by atoms with van der Waals surface area (Å²) in [4.78, 5) is 39.1. The number of amides is 1. The molecule has 154 valence electrons. The van der Waals surface area contributed by atoms with Crippen molar-refractivity contribution in [1.82, 2.24) is 4.90 Å². The van der Waals surface area contributed by atoms with Gasteiger partial charge in [0.25, 0.3) is 5.85 Å². The Bertz CT molecular complexity index is 764. The van der Waals surface area contributed by atoms with Gasteiger partial charge < -0.3 is 29.6 Å². The number of phosphoric acid groups is 2. The summed E-state index contributed by atoms with van der Waals surface area (Å²) in [7, 11) is -10.9. The molecule has 2 aliphatic heterocycles. The molecule has 1 amide bonds. The number of hydrogen-bond acceptors (Lipinski definition) is 8. The van der Waals surface area contributed by atoms with Crippen LogP contribution >= 0.6 is 15.6 Å². The lowest BCUT2D eigenvalue weighted by atomic mass is 9.94. The van der Waals surface area contributed by atoms with Crippen molar-refractivity contribution in [2.24, 2.45) is 0 Å². The number of carbonyl (C=O) groups is 1. The monoisotopic (exact) mass is 433 g/mol. The average Bonchev–Trinajstić information content (AvgIpc) is 2.65. The molecular formula is C12H18FNO11P2. The Balaban J connectivity index is 2.20. The predicted octanol–water partition coefficient (Wildman–Crippen LogP) is -0.351. The number of carbonyl (C=O) groups excluding carboxylic acids is 1. The number of allylic oxidation sites excluding steroid dienone is 1. The molecule has 5 N–H and O–H groups in total. The van der Waals surface area contributed by atoms with Gasteiger partial charge in [-0.25, -0.2) is 13.5 Å². The molecule has 2 heterocycles. The van der Waals surface area contributed by atoms with Gasteiger partial charge in [-0.2, -0.15) is 4.31 Å². The molecule has 12 nitrogen and oxygen atoms in total. The quantitative estimate of drug-likeness (QED) is 0.345. The molecular weight excluding hydrogens is 415 g/mol. The Labute approximate surface area is 152 Å². The first-order valence-electron chi connectivity index (χ1n) is 7.26. The Kier molecular flexibility index (Phi) is 5.89. The van der Waals surface area contributed by atoms with Crippen molar-refractivity contribution in [3.8, 4) is 0 Å². The highest BCUT2D eigenvalue weighted by atomic mass is 31.3. The van der Waals surface area contributed by atoms with Crippen molar-refractivity contribution in [2.75, 3.05) is 6.61 Å². The summed E-state index contributed by atoms with van der Waals surface area (Å²) in [6.45, 7) is 2.98. The minimum absolute atomic E-state index is 0.152. The van der Waals surface area contributed by atoms with Gasteiger partial charge in [0.1, 0.15) is 18.3 Å². The fraction of sp³-hybridized carbons (Fsp3) is 0.583. The molecule has 5 atom stereocenters. The normalized spacial score (nSPS) is 36.9. The van der Waals surface area contributed by atoms with E-state index in [-0.39, 0.29) is 6.42 Å². The van der Waals surface area contributed by atoms with E-state index in [1.165, 1.54) is 6.08 Å². The maximum atomic E-state index is 15.0. The van der Waals surface area contributed by atoms with Crippen LogP contribution in [0.25, 0.3) is 0 Å². The van der Waals surface area contributed by atoms with Crippen LogP contribution in [0.5, 0.6) is 0 Å². The Morgan fingerprint density at radius 3 is 2.56 bits per heavy atom. The maximum Gasteiger partial charge on any atom is 0.481 e. The summed E-state index contributed by atoms with van der Waals surface area (Å²) >= 11 is 0. The first-order valence-corrected chi connectivity index (χ1v) is 10.3. The third-order valence-corrected chi connectivity index (χ3v) is 5.92. The van der Waals surface area contributed by atoms with Gasteiger partial charge in [0.15, 0.2) is 6.23 Å². The van der Waals surface area contributed by atoms with E-state index in [1.807, 2.05) is 0 Å². The highest BCUT2D eigenvalue weighted by Crippen LogP contribution is 2.58. The minimum Gasteiger partial charge on any atom is -0.384 e. The van der Waals surface area contributed by atoms with Crippen LogP contribution in [0.1, 0.15) is 13.3 Å². The van der Waals surface area contributed by atoms with Gasteiger partial charge in [0, 0.05) is 6.20 Å². The van der Waals surface area contributed by atoms with Crippen LogP contribution in [0.4, 0.5) is 4.39 Å². The second-order valence-electron chi connectivity index (χ2n) is 6.15. The van der Waals surface area contributed by atoms with Crippen LogP contribution in [-0.2, 0) is 27.5 Å². The number of hydrogen-bond donors (Lipinski definition) is 5. The van der Waals surface area contributed by atoms with Crippen LogP contribution in [0.2, 0.25) is 0 Å². The van der Waals surface area contributed by atoms with Crippen molar-refractivity contribution >= 4 is 21.6 Å². The van der Waals surface area contributed by atoms with Crippen LogP contribution in [-0.4, -0.2) is 66.1 Å². The van der Waals surface area contributed by atoms with E-state index >= 15 is 0 Å². The minimum atomic E-state index is -5.44. The third-order valence-electron chi connectivity index (χ3n) is 3.79. The number of nitrogens with zero attached hydrogens (tertiary/aromatic N) is 1. The van der Waals surface area contributed by atoms with Crippen LogP contribution in [0.3, 0.4) is 0 Å². The summed E-state index contributed by atoms with van der Waals surface area (Å²) < 4.78 is 49.5. The van der Waals surface area contributed by atoms with Crippen molar-refractivity contribution in [3.05, 3.63) is 24.4 Å². The van der Waals surface area contributed by atoms with Gasteiger partial charge in [-0.1, -0.05) is 6.58 Å². The van der Waals surface area contributed by atoms with Crippen molar-refractivity contribution in [1.29, 1.82) is 0 Å². The van der Waals surface area contributed by atoms with E-state index in [1.54, 1.807) is 0 Å². The van der Waals surface area contributed by atoms with E-state index in [9.17, 15) is 33.4 Å². The van der Waals surface area contributed by atoms with Crippen LogP contribution in [0, 0.1) is 0 Å². The third kappa shape index (κ3) is 4.90. The molecule has 27 heavy (non-hydrogen) atoms. The second-order valence-corrected chi connectivity index (χ2v) is 8.98. The zero-order chi connectivity index (χ0) is 20.8. The van der Waals surface area contributed by atoms with Crippen LogP contribution < -0.4 is 0 Å². The molecule has 0 aromatic rings. The van der Waals surface area contributed by atoms with Gasteiger partial charge in [0.05, 0.1) is 6.42 Å². The Hall–Kier alpha value is -0.980. The van der Waals surface area contributed by atoms with Gasteiger partial charge in [-0.05, 0) is 18.6 Å². The first-order chi connectivity index (χ1) is 12.1. The molecule has 1 unspecified atom stereocenters. The maximum absolute atomic E-state index is 15.0. The topological polar surface area (TPSA) is 183 Å². The molecule has 2 aliphatic rings. The number of alkyl halides is 1. The van der Waals surface area contributed by atoms with E-state index < -0.39 is 51.9 Å². The Morgan fingerprint density at radius 1 is 1.44 bits per heavy atom. The largest absolute Gasteiger partial charge is 0.481 e. The molecule has 1 fully saturated rings. The van der Waals surface area contributed by atoms with Crippen LogP contribution in [0.15, 0.2) is 24.4 Å². The lowest BCUT2D eigenvalue weighted by Crippen LogP contribution is -2.54. The molecule has 0 aromatic heterocycles. The lowest BCUT2D eigenvalue weighted by Gasteiger charge is -2.34. The highest BCUT2D eigenvalue weighted by molar-refractivity contribution is 7.60. The molecule has 0 spiro atoms. The summed E-state index contributed by atoms with van der Waals surface area (Å²) in [5, 5.41) is 20.5. The summed E-state index contributed by atoms with van der Waals surface area (Å²) in [6, 6.07) is 0. The van der Waals surface area contributed by atoms with E-state index in [0.717, 1.165) is 18.0 Å². The zero-order valence-corrected chi connectivity index (χ0v) is 15.6. The molecule has 0 saturated carbocycles. The van der Waals surface area contributed by atoms with E-state index in [2.05, 4.69) is 15.4 Å². The number of halogens is 1. The predicted molar refractivity (Wildman–Crippen MR) is 84.0 cm³/mol. The summed E-state index contributed by atoms with van der Waals surface area (Å²) in [5.74, 6) is -3.93. The van der Waals surface area contributed by atoms with Crippen molar-refractivity contribution in [3.63, 3.8) is 0 Å².